The normalized spacial score (nSPS) is 12.2. The summed E-state index contributed by atoms with van der Waals surface area (Å²) in [6, 6.07) is 7.76. The lowest BCUT2D eigenvalue weighted by Gasteiger charge is -2.11. The molecular formula is C15H22O2. The number of ether oxygens (including phenoxy) is 1. The highest BCUT2D eigenvalue weighted by Crippen LogP contribution is 2.21. The molecule has 0 fully saturated rings. The highest BCUT2D eigenvalue weighted by molar-refractivity contribution is 5.85. The average molecular weight is 234 g/mol. The largest absolute Gasteiger partial charge is 0.497 e. The highest BCUT2D eigenvalue weighted by Gasteiger charge is 2.14. The lowest BCUT2D eigenvalue weighted by molar-refractivity contribution is -0.120. The van der Waals surface area contributed by atoms with Crippen LogP contribution in [0.3, 0.4) is 0 Å². The van der Waals surface area contributed by atoms with E-state index >= 15 is 0 Å². The highest BCUT2D eigenvalue weighted by atomic mass is 16.5. The SMILES string of the molecule is CCCCCC(=O)C(C)c1ccc(OC)cc1. The smallest absolute Gasteiger partial charge is 0.140 e. The van der Waals surface area contributed by atoms with Crippen molar-refractivity contribution in [1.82, 2.24) is 0 Å². The second-order valence-corrected chi connectivity index (χ2v) is 4.42. The van der Waals surface area contributed by atoms with Gasteiger partial charge in [0.05, 0.1) is 7.11 Å². The fourth-order valence-electron chi connectivity index (χ4n) is 1.84. The summed E-state index contributed by atoms with van der Waals surface area (Å²) in [7, 11) is 1.65. The molecule has 1 aromatic carbocycles. The molecule has 94 valence electrons. The van der Waals surface area contributed by atoms with E-state index < -0.39 is 0 Å². The molecule has 0 bridgehead atoms. The Labute approximate surface area is 104 Å². The number of hydrogen-bond acceptors (Lipinski definition) is 2. The van der Waals surface area contributed by atoms with Gasteiger partial charge in [-0.25, -0.2) is 0 Å². The Bertz CT molecular complexity index is 340. The van der Waals surface area contributed by atoms with Crippen molar-refractivity contribution in [3.63, 3.8) is 0 Å². The lowest BCUT2D eigenvalue weighted by Crippen LogP contribution is -2.08. The van der Waals surface area contributed by atoms with Crippen LogP contribution < -0.4 is 4.74 Å². The fraction of sp³-hybridized carbons (Fsp3) is 0.533. The molecule has 0 amide bonds. The van der Waals surface area contributed by atoms with Crippen molar-refractivity contribution in [2.75, 3.05) is 7.11 Å². The van der Waals surface area contributed by atoms with E-state index in [2.05, 4.69) is 6.92 Å². The van der Waals surface area contributed by atoms with Gasteiger partial charge in [-0.3, -0.25) is 4.79 Å². The van der Waals surface area contributed by atoms with Crippen LogP contribution in [0.5, 0.6) is 5.75 Å². The number of methoxy groups -OCH3 is 1. The van der Waals surface area contributed by atoms with Crippen LogP contribution in [-0.2, 0) is 4.79 Å². The minimum absolute atomic E-state index is 0.00207. The van der Waals surface area contributed by atoms with Crippen molar-refractivity contribution in [2.45, 2.75) is 45.4 Å². The van der Waals surface area contributed by atoms with E-state index in [0.717, 1.165) is 30.6 Å². The third-order valence-electron chi connectivity index (χ3n) is 3.13. The first-order valence-electron chi connectivity index (χ1n) is 6.35. The topological polar surface area (TPSA) is 26.3 Å². The fourth-order valence-corrected chi connectivity index (χ4v) is 1.84. The van der Waals surface area contributed by atoms with E-state index in [4.69, 9.17) is 4.74 Å². The van der Waals surface area contributed by atoms with Crippen LogP contribution in [0.2, 0.25) is 0 Å². The Balaban J connectivity index is 2.55. The monoisotopic (exact) mass is 234 g/mol. The molecule has 0 heterocycles. The number of rotatable bonds is 7. The molecule has 1 unspecified atom stereocenters. The maximum atomic E-state index is 11.9. The predicted octanol–water partition coefficient (Wildman–Crippen LogP) is 3.95. The van der Waals surface area contributed by atoms with Gasteiger partial charge in [-0.2, -0.15) is 0 Å². The van der Waals surface area contributed by atoms with Crippen molar-refractivity contribution in [3.8, 4) is 5.75 Å². The lowest BCUT2D eigenvalue weighted by atomic mass is 9.93. The van der Waals surface area contributed by atoms with Crippen LogP contribution in [0.1, 0.15) is 51.0 Å². The third kappa shape index (κ3) is 4.22. The Morgan fingerprint density at radius 3 is 2.41 bits per heavy atom. The first-order chi connectivity index (χ1) is 8.19. The van der Waals surface area contributed by atoms with Crippen LogP contribution in [0.15, 0.2) is 24.3 Å². The molecular weight excluding hydrogens is 212 g/mol. The molecule has 0 N–H and O–H groups in total. The van der Waals surface area contributed by atoms with Crippen LogP contribution in [0.4, 0.5) is 0 Å². The number of benzene rings is 1. The molecule has 1 atom stereocenters. The van der Waals surface area contributed by atoms with E-state index in [9.17, 15) is 4.79 Å². The van der Waals surface area contributed by atoms with Gasteiger partial charge in [-0.15, -0.1) is 0 Å². The molecule has 0 saturated heterocycles. The molecule has 0 aromatic heterocycles. The summed E-state index contributed by atoms with van der Waals surface area (Å²) in [6.45, 7) is 4.13. The third-order valence-corrected chi connectivity index (χ3v) is 3.13. The molecule has 2 heteroatoms. The molecule has 0 spiro atoms. The molecule has 0 aliphatic carbocycles. The van der Waals surface area contributed by atoms with E-state index in [-0.39, 0.29) is 5.92 Å². The first kappa shape index (κ1) is 13.8. The quantitative estimate of drug-likeness (QED) is 0.668. The van der Waals surface area contributed by atoms with Crippen LogP contribution in [0.25, 0.3) is 0 Å². The Hall–Kier alpha value is -1.31. The minimum atomic E-state index is -0.00207. The second-order valence-electron chi connectivity index (χ2n) is 4.42. The van der Waals surface area contributed by atoms with Gasteiger partial charge in [-0.05, 0) is 24.1 Å². The summed E-state index contributed by atoms with van der Waals surface area (Å²) < 4.78 is 5.10. The number of carbonyl (C=O) groups is 1. The zero-order valence-electron chi connectivity index (χ0n) is 11.0. The molecule has 1 rings (SSSR count). The Morgan fingerprint density at radius 2 is 1.88 bits per heavy atom. The minimum Gasteiger partial charge on any atom is -0.497 e. The summed E-state index contributed by atoms with van der Waals surface area (Å²) in [4.78, 5) is 11.9. The first-order valence-corrected chi connectivity index (χ1v) is 6.35. The van der Waals surface area contributed by atoms with Gasteiger partial charge in [0.2, 0.25) is 0 Å². The van der Waals surface area contributed by atoms with Gasteiger partial charge >= 0.3 is 0 Å². The van der Waals surface area contributed by atoms with Gasteiger partial charge in [-0.1, -0.05) is 38.8 Å². The average Bonchev–Trinajstić information content (AvgIpc) is 2.38. The van der Waals surface area contributed by atoms with E-state index in [1.54, 1.807) is 7.11 Å². The summed E-state index contributed by atoms with van der Waals surface area (Å²) in [5.41, 5.74) is 1.08. The summed E-state index contributed by atoms with van der Waals surface area (Å²) in [6.07, 6.45) is 4.00. The van der Waals surface area contributed by atoms with Crippen molar-refractivity contribution in [3.05, 3.63) is 29.8 Å². The molecule has 0 aliphatic heterocycles. The van der Waals surface area contributed by atoms with Crippen LogP contribution >= 0.6 is 0 Å². The maximum absolute atomic E-state index is 11.9. The van der Waals surface area contributed by atoms with Crippen molar-refractivity contribution < 1.29 is 9.53 Å². The molecule has 1 aromatic rings. The predicted molar refractivity (Wildman–Crippen MR) is 70.6 cm³/mol. The van der Waals surface area contributed by atoms with Gasteiger partial charge < -0.3 is 4.74 Å². The van der Waals surface area contributed by atoms with Gasteiger partial charge in [0.25, 0.3) is 0 Å². The number of ketones is 1. The van der Waals surface area contributed by atoms with E-state index in [1.165, 1.54) is 0 Å². The van der Waals surface area contributed by atoms with Crippen LogP contribution in [-0.4, -0.2) is 12.9 Å². The van der Waals surface area contributed by atoms with Crippen LogP contribution in [0, 0.1) is 0 Å². The zero-order chi connectivity index (χ0) is 12.7. The maximum Gasteiger partial charge on any atom is 0.140 e. The van der Waals surface area contributed by atoms with Gasteiger partial charge in [0, 0.05) is 12.3 Å². The van der Waals surface area contributed by atoms with E-state index in [0.29, 0.717) is 12.2 Å². The molecule has 2 nitrogen and oxygen atoms in total. The number of Topliss-reactive ketones (excluding diaryl/α,β-unsaturated/α-hetero) is 1. The van der Waals surface area contributed by atoms with Crippen molar-refractivity contribution >= 4 is 5.78 Å². The molecule has 0 saturated carbocycles. The molecule has 0 aliphatic rings. The van der Waals surface area contributed by atoms with E-state index in [1.807, 2.05) is 31.2 Å². The molecule has 0 radical (unpaired) electrons. The van der Waals surface area contributed by atoms with Crippen molar-refractivity contribution in [1.29, 1.82) is 0 Å². The standard InChI is InChI=1S/C15H22O2/c1-4-5-6-7-15(16)12(2)13-8-10-14(17-3)11-9-13/h8-12H,4-7H2,1-3H3. The molecule has 17 heavy (non-hydrogen) atoms. The van der Waals surface area contributed by atoms with Gasteiger partial charge in [0.1, 0.15) is 11.5 Å². The number of carbonyl (C=O) groups excluding carboxylic acids is 1. The number of unbranched alkanes of at least 4 members (excludes halogenated alkanes) is 2. The Kier molecular flexibility index (Phi) is 5.75. The summed E-state index contributed by atoms with van der Waals surface area (Å²) in [5.74, 6) is 1.17. The van der Waals surface area contributed by atoms with Gasteiger partial charge in [0.15, 0.2) is 0 Å². The second kappa shape index (κ2) is 7.10. The summed E-state index contributed by atoms with van der Waals surface area (Å²) in [5, 5.41) is 0. The summed E-state index contributed by atoms with van der Waals surface area (Å²) >= 11 is 0. The Morgan fingerprint density at radius 1 is 1.24 bits per heavy atom. The zero-order valence-corrected chi connectivity index (χ0v) is 11.0. The van der Waals surface area contributed by atoms with Crippen molar-refractivity contribution in [2.24, 2.45) is 0 Å². The number of hydrogen-bond donors (Lipinski definition) is 0.